The van der Waals surface area contributed by atoms with Crippen LogP contribution in [0.5, 0.6) is 5.75 Å². The lowest BCUT2D eigenvalue weighted by Gasteiger charge is -2.22. The standard InChI is InChI=1S/C20H19FN6O/c1-12-9-23-13(2)16-10-24-27-7-6-19(26-20(16)27)25-17(11-22-3)15-8-14(21)4-5-18(15)28-12/h4-8,10,12,17,23H,2,9,11H2,1H3,(H,25,26)/t12-,17+/m0/s1. The second-order valence-electron chi connectivity index (χ2n) is 6.65. The van der Waals surface area contributed by atoms with Gasteiger partial charge in [0.2, 0.25) is 6.54 Å². The van der Waals surface area contributed by atoms with Gasteiger partial charge in [-0.15, -0.1) is 0 Å². The molecule has 3 aromatic rings. The van der Waals surface area contributed by atoms with E-state index in [1.54, 1.807) is 29.0 Å². The zero-order chi connectivity index (χ0) is 19.7. The van der Waals surface area contributed by atoms with Crippen molar-refractivity contribution in [2.24, 2.45) is 0 Å². The number of aromatic nitrogens is 3. The molecule has 0 unspecified atom stereocenters. The van der Waals surface area contributed by atoms with E-state index in [0.29, 0.717) is 35.0 Å². The van der Waals surface area contributed by atoms with Gasteiger partial charge in [-0.05, 0) is 31.2 Å². The van der Waals surface area contributed by atoms with Crippen LogP contribution in [0.2, 0.25) is 0 Å². The minimum atomic E-state index is -0.478. The number of hydrogen-bond donors (Lipinski definition) is 2. The molecule has 4 rings (SSSR count). The number of anilines is 1. The molecule has 7 nitrogen and oxygen atoms in total. The number of nitrogens with zero attached hydrogens (tertiary/aromatic N) is 4. The first-order chi connectivity index (χ1) is 13.5. The predicted octanol–water partition coefficient (Wildman–Crippen LogP) is 3.28. The quantitative estimate of drug-likeness (QED) is 0.636. The molecule has 3 heterocycles. The summed E-state index contributed by atoms with van der Waals surface area (Å²) < 4.78 is 21.7. The van der Waals surface area contributed by atoms with E-state index in [2.05, 4.69) is 32.1 Å². The highest BCUT2D eigenvalue weighted by Gasteiger charge is 2.23. The number of fused-ring (bicyclic) bond motifs is 2. The monoisotopic (exact) mass is 378 g/mol. The van der Waals surface area contributed by atoms with Crippen molar-refractivity contribution in [2.45, 2.75) is 19.1 Å². The number of ether oxygens (including phenoxy) is 1. The molecule has 2 N–H and O–H groups in total. The Balaban J connectivity index is 1.85. The molecule has 8 heteroatoms. The summed E-state index contributed by atoms with van der Waals surface area (Å²) in [5.41, 5.74) is 2.68. The van der Waals surface area contributed by atoms with Crippen molar-refractivity contribution in [1.29, 1.82) is 0 Å². The van der Waals surface area contributed by atoms with Crippen molar-refractivity contribution < 1.29 is 9.13 Å². The highest BCUT2D eigenvalue weighted by molar-refractivity contribution is 5.73. The second-order valence-corrected chi connectivity index (χ2v) is 6.65. The molecule has 0 radical (unpaired) electrons. The Kier molecular flexibility index (Phi) is 4.57. The topological polar surface area (TPSA) is 67.8 Å². The lowest BCUT2D eigenvalue weighted by Crippen LogP contribution is -2.28. The van der Waals surface area contributed by atoms with E-state index in [4.69, 9.17) is 11.3 Å². The maximum absolute atomic E-state index is 14.0. The minimum absolute atomic E-state index is 0.109. The summed E-state index contributed by atoms with van der Waals surface area (Å²) in [4.78, 5) is 8.14. The van der Waals surface area contributed by atoms with Crippen LogP contribution in [0, 0.1) is 12.4 Å². The molecular formula is C20H19FN6O. The first kappa shape index (κ1) is 17.8. The lowest BCUT2D eigenvalue weighted by molar-refractivity contribution is 0.220. The fraction of sp³-hybridized carbons (Fsp3) is 0.250. The van der Waals surface area contributed by atoms with Crippen LogP contribution in [0.1, 0.15) is 24.1 Å². The Hall–Kier alpha value is -3.60. The van der Waals surface area contributed by atoms with Gasteiger partial charge in [-0.25, -0.2) is 20.5 Å². The molecule has 2 bridgehead atoms. The average Bonchev–Trinajstić information content (AvgIpc) is 3.10. The van der Waals surface area contributed by atoms with Crippen LogP contribution in [0.25, 0.3) is 16.2 Å². The van der Waals surface area contributed by atoms with Gasteiger partial charge in [0, 0.05) is 17.5 Å². The van der Waals surface area contributed by atoms with E-state index in [-0.39, 0.29) is 18.5 Å². The number of benzene rings is 1. The molecule has 0 saturated heterocycles. The van der Waals surface area contributed by atoms with Crippen LogP contribution in [0.3, 0.4) is 0 Å². The van der Waals surface area contributed by atoms with Gasteiger partial charge < -0.3 is 20.2 Å². The molecule has 0 fully saturated rings. The van der Waals surface area contributed by atoms with Gasteiger partial charge in [0.15, 0.2) is 5.65 Å². The summed E-state index contributed by atoms with van der Waals surface area (Å²) in [7, 11) is 0. The Morgan fingerprint density at radius 2 is 2.29 bits per heavy atom. The fourth-order valence-corrected chi connectivity index (χ4v) is 3.17. The largest absolute Gasteiger partial charge is 0.489 e. The molecular weight excluding hydrogens is 359 g/mol. The van der Waals surface area contributed by atoms with Gasteiger partial charge in [0.25, 0.3) is 0 Å². The van der Waals surface area contributed by atoms with Crippen LogP contribution in [0.15, 0.2) is 43.2 Å². The number of rotatable bonds is 1. The third-order valence-electron chi connectivity index (χ3n) is 4.57. The Labute approximate surface area is 161 Å². The molecule has 1 aliphatic rings. The van der Waals surface area contributed by atoms with Crippen LogP contribution < -0.4 is 15.4 Å². The number of halogens is 1. The predicted molar refractivity (Wildman–Crippen MR) is 104 cm³/mol. The van der Waals surface area contributed by atoms with Crippen molar-refractivity contribution in [2.75, 3.05) is 18.4 Å². The smallest absolute Gasteiger partial charge is 0.238 e. The fourth-order valence-electron chi connectivity index (χ4n) is 3.17. The molecule has 28 heavy (non-hydrogen) atoms. The Morgan fingerprint density at radius 1 is 1.43 bits per heavy atom. The summed E-state index contributed by atoms with van der Waals surface area (Å²) >= 11 is 0. The second kappa shape index (κ2) is 7.19. The SMILES string of the molecule is [C-]#[N+]C[C@H]1Nc2ccn3ncc(c3n2)C(=C)NC[C@H](C)Oc2ccc(F)cc21. The van der Waals surface area contributed by atoms with E-state index in [0.717, 1.165) is 5.56 Å². The van der Waals surface area contributed by atoms with Gasteiger partial charge in [-0.1, -0.05) is 6.58 Å². The minimum Gasteiger partial charge on any atom is -0.489 e. The molecule has 0 amide bonds. The van der Waals surface area contributed by atoms with Crippen molar-refractivity contribution in [3.05, 3.63) is 71.6 Å². The summed E-state index contributed by atoms with van der Waals surface area (Å²) in [5.74, 6) is 0.702. The summed E-state index contributed by atoms with van der Waals surface area (Å²) in [6.45, 7) is 13.9. The van der Waals surface area contributed by atoms with Gasteiger partial charge in [-0.3, -0.25) is 0 Å². The molecule has 142 valence electrons. The molecule has 2 aromatic heterocycles. The maximum Gasteiger partial charge on any atom is 0.238 e. The third-order valence-corrected chi connectivity index (χ3v) is 4.57. The highest BCUT2D eigenvalue weighted by atomic mass is 19.1. The average molecular weight is 378 g/mol. The van der Waals surface area contributed by atoms with Crippen molar-refractivity contribution >= 4 is 17.2 Å². The zero-order valence-electron chi connectivity index (χ0n) is 15.3. The Bertz CT molecular complexity index is 1090. The third kappa shape index (κ3) is 3.34. The van der Waals surface area contributed by atoms with E-state index in [1.807, 2.05) is 6.92 Å². The zero-order valence-corrected chi connectivity index (χ0v) is 15.3. The maximum atomic E-state index is 14.0. The number of hydrogen-bond acceptors (Lipinski definition) is 5. The van der Waals surface area contributed by atoms with Gasteiger partial charge >= 0.3 is 0 Å². The summed E-state index contributed by atoms with van der Waals surface area (Å²) in [5, 5.41) is 10.8. The summed E-state index contributed by atoms with van der Waals surface area (Å²) in [6.07, 6.45) is 3.27. The molecule has 2 atom stereocenters. The normalized spacial score (nSPS) is 19.2. The first-order valence-corrected chi connectivity index (χ1v) is 8.88. The van der Waals surface area contributed by atoms with Gasteiger partial charge in [0.1, 0.15) is 29.5 Å². The van der Waals surface area contributed by atoms with E-state index < -0.39 is 6.04 Å². The molecule has 0 aliphatic carbocycles. The van der Waals surface area contributed by atoms with E-state index >= 15 is 0 Å². The van der Waals surface area contributed by atoms with Crippen LogP contribution in [0.4, 0.5) is 10.2 Å². The molecule has 1 aromatic carbocycles. The van der Waals surface area contributed by atoms with E-state index in [1.165, 1.54) is 12.1 Å². The highest BCUT2D eigenvalue weighted by Crippen LogP contribution is 2.30. The van der Waals surface area contributed by atoms with Gasteiger partial charge in [-0.2, -0.15) is 5.10 Å². The van der Waals surface area contributed by atoms with E-state index in [9.17, 15) is 4.39 Å². The molecule has 0 spiro atoms. The molecule has 1 aliphatic heterocycles. The van der Waals surface area contributed by atoms with Crippen LogP contribution >= 0.6 is 0 Å². The van der Waals surface area contributed by atoms with Crippen molar-refractivity contribution in [3.8, 4) is 5.75 Å². The van der Waals surface area contributed by atoms with Crippen molar-refractivity contribution in [3.63, 3.8) is 0 Å². The van der Waals surface area contributed by atoms with Crippen LogP contribution in [-0.4, -0.2) is 33.8 Å². The van der Waals surface area contributed by atoms with Crippen molar-refractivity contribution in [1.82, 2.24) is 19.9 Å². The molecule has 0 saturated carbocycles. The lowest BCUT2D eigenvalue weighted by atomic mass is 10.1. The first-order valence-electron chi connectivity index (χ1n) is 8.88. The Morgan fingerprint density at radius 3 is 3.11 bits per heavy atom. The summed E-state index contributed by atoms with van der Waals surface area (Å²) in [6, 6.07) is 5.64. The van der Waals surface area contributed by atoms with Gasteiger partial charge in [0.05, 0.1) is 18.3 Å². The number of nitrogens with one attached hydrogen (secondary N) is 2. The van der Waals surface area contributed by atoms with Crippen LogP contribution in [-0.2, 0) is 0 Å².